The Kier molecular flexibility index (Phi) is 2.86. The van der Waals surface area contributed by atoms with Crippen LogP contribution in [0.5, 0.6) is 0 Å². The van der Waals surface area contributed by atoms with Gasteiger partial charge in [-0.2, -0.15) is 0 Å². The number of hydrogen-bond acceptors (Lipinski definition) is 2. The third-order valence-corrected chi connectivity index (χ3v) is 3.43. The summed E-state index contributed by atoms with van der Waals surface area (Å²) in [5.41, 5.74) is 0.775. The average Bonchev–Trinajstić information content (AvgIpc) is 2.71. The van der Waals surface area contributed by atoms with Gasteiger partial charge in [0.25, 0.3) is 17.7 Å². The normalized spacial score (nSPS) is 14.5. The van der Waals surface area contributed by atoms with Gasteiger partial charge in [-0.3, -0.25) is 9.59 Å². The van der Waals surface area contributed by atoms with Crippen LogP contribution in [0.1, 0.15) is 33.2 Å². The minimum Gasteiger partial charge on any atom is -0.268 e. The highest BCUT2D eigenvalue weighted by atomic mass is 19.3. The fraction of sp³-hybridized carbons (Fsp3) is 0.125. The van der Waals surface area contributed by atoms with Gasteiger partial charge < -0.3 is 0 Å². The molecule has 0 saturated carbocycles. The molecular formula is C16H11F2NO2. The summed E-state index contributed by atoms with van der Waals surface area (Å²) in [7, 11) is 0. The quantitative estimate of drug-likeness (QED) is 0.791. The van der Waals surface area contributed by atoms with Crippen LogP contribution in [0.4, 0.5) is 14.5 Å². The minimum absolute atomic E-state index is 0.164. The molecule has 0 bridgehead atoms. The summed E-state index contributed by atoms with van der Waals surface area (Å²) in [5.74, 6) is -3.83. The van der Waals surface area contributed by atoms with Crippen LogP contribution in [0.2, 0.25) is 0 Å². The second-order valence-corrected chi connectivity index (χ2v) is 4.93. The molecule has 3 rings (SSSR count). The van der Waals surface area contributed by atoms with Gasteiger partial charge in [-0.1, -0.05) is 24.3 Å². The van der Waals surface area contributed by atoms with Gasteiger partial charge in [0.1, 0.15) is 0 Å². The molecule has 21 heavy (non-hydrogen) atoms. The summed E-state index contributed by atoms with van der Waals surface area (Å²) in [5, 5.41) is 0. The number of nitrogens with zero attached hydrogens (tertiary/aromatic N) is 1. The number of amides is 2. The molecule has 0 N–H and O–H groups in total. The highest BCUT2D eigenvalue weighted by Gasteiger charge is 2.36. The summed E-state index contributed by atoms with van der Waals surface area (Å²) in [4.78, 5) is 25.5. The molecule has 0 aliphatic carbocycles. The van der Waals surface area contributed by atoms with E-state index in [1.807, 2.05) is 0 Å². The average molecular weight is 287 g/mol. The monoisotopic (exact) mass is 287 g/mol. The predicted octanol–water partition coefficient (Wildman–Crippen LogP) is 3.60. The number of alkyl halides is 2. The van der Waals surface area contributed by atoms with E-state index in [2.05, 4.69) is 0 Å². The Hall–Kier alpha value is -2.56. The molecule has 5 heteroatoms. The van der Waals surface area contributed by atoms with E-state index in [9.17, 15) is 18.4 Å². The number of anilines is 1. The van der Waals surface area contributed by atoms with Crippen LogP contribution in [0.15, 0.2) is 48.5 Å². The smallest absolute Gasteiger partial charge is 0.268 e. The van der Waals surface area contributed by atoms with E-state index in [0.29, 0.717) is 11.1 Å². The molecule has 0 unspecified atom stereocenters. The zero-order valence-corrected chi connectivity index (χ0v) is 11.1. The summed E-state index contributed by atoms with van der Waals surface area (Å²) < 4.78 is 26.4. The third-order valence-electron chi connectivity index (χ3n) is 3.43. The van der Waals surface area contributed by atoms with E-state index in [-0.39, 0.29) is 11.3 Å². The predicted molar refractivity (Wildman–Crippen MR) is 73.6 cm³/mol. The summed E-state index contributed by atoms with van der Waals surface area (Å²) in [6, 6.07) is 11.7. The van der Waals surface area contributed by atoms with Crippen LogP contribution in [-0.4, -0.2) is 11.8 Å². The van der Waals surface area contributed by atoms with Crippen LogP contribution in [-0.2, 0) is 5.92 Å². The molecule has 0 saturated heterocycles. The summed E-state index contributed by atoms with van der Waals surface area (Å²) >= 11 is 0. The lowest BCUT2D eigenvalue weighted by atomic mass is 10.1. The lowest BCUT2D eigenvalue weighted by Crippen LogP contribution is -2.29. The minimum atomic E-state index is -2.96. The molecule has 0 radical (unpaired) electrons. The number of rotatable bonds is 2. The van der Waals surface area contributed by atoms with Crippen LogP contribution in [0.25, 0.3) is 0 Å². The van der Waals surface area contributed by atoms with Gasteiger partial charge in [0.2, 0.25) is 0 Å². The van der Waals surface area contributed by atoms with Crippen molar-refractivity contribution in [1.82, 2.24) is 0 Å². The molecular weight excluding hydrogens is 276 g/mol. The third kappa shape index (κ3) is 2.11. The maximum Gasteiger partial charge on any atom is 0.270 e. The first-order chi connectivity index (χ1) is 9.89. The molecule has 1 heterocycles. The first-order valence-corrected chi connectivity index (χ1v) is 6.36. The molecule has 2 amide bonds. The molecule has 0 fully saturated rings. The van der Waals surface area contributed by atoms with E-state index in [1.165, 1.54) is 24.3 Å². The number of halogens is 2. The fourth-order valence-electron chi connectivity index (χ4n) is 2.33. The Bertz CT molecular complexity index is 698. The number of hydrogen-bond donors (Lipinski definition) is 0. The molecule has 0 spiro atoms. The zero-order chi connectivity index (χ0) is 15.2. The van der Waals surface area contributed by atoms with Gasteiger partial charge in [-0.05, 0) is 24.3 Å². The lowest BCUT2D eigenvalue weighted by molar-refractivity contribution is 0.0175. The second kappa shape index (κ2) is 4.48. The van der Waals surface area contributed by atoms with Crippen molar-refractivity contribution in [3.8, 4) is 0 Å². The van der Waals surface area contributed by atoms with Crippen LogP contribution < -0.4 is 4.90 Å². The Labute approximate surface area is 119 Å². The Morgan fingerprint density at radius 2 is 1.33 bits per heavy atom. The molecule has 1 aliphatic rings. The standard InChI is InChI=1S/C16H11F2NO2/c1-16(17,18)10-6-8-11(9-7-10)19-14(20)12-4-2-3-5-13(12)15(19)21/h2-9H,1H3. The summed E-state index contributed by atoms with van der Waals surface area (Å²) in [6.07, 6.45) is 0. The maximum absolute atomic E-state index is 13.2. The van der Waals surface area contributed by atoms with Crippen molar-refractivity contribution >= 4 is 17.5 Å². The molecule has 0 atom stereocenters. The van der Waals surface area contributed by atoms with Crippen molar-refractivity contribution in [3.05, 3.63) is 65.2 Å². The van der Waals surface area contributed by atoms with Crippen LogP contribution in [0.3, 0.4) is 0 Å². The van der Waals surface area contributed by atoms with Crippen LogP contribution >= 0.6 is 0 Å². The second-order valence-electron chi connectivity index (χ2n) is 4.93. The van der Waals surface area contributed by atoms with E-state index in [4.69, 9.17) is 0 Å². The van der Waals surface area contributed by atoms with E-state index in [1.54, 1.807) is 24.3 Å². The first-order valence-electron chi connectivity index (χ1n) is 6.36. The number of fused-ring (bicyclic) bond motifs is 1. The highest BCUT2D eigenvalue weighted by Crippen LogP contribution is 2.31. The molecule has 106 valence electrons. The molecule has 2 aromatic carbocycles. The Morgan fingerprint density at radius 1 is 0.857 bits per heavy atom. The first kappa shape index (κ1) is 13.4. The number of carbonyl (C=O) groups is 2. The van der Waals surface area contributed by atoms with Crippen molar-refractivity contribution < 1.29 is 18.4 Å². The molecule has 3 nitrogen and oxygen atoms in total. The fourth-order valence-corrected chi connectivity index (χ4v) is 2.33. The van der Waals surface area contributed by atoms with E-state index in [0.717, 1.165) is 11.8 Å². The van der Waals surface area contributed by atoms with E-state index >= 15 is 0 Å². The Balaban J connectivity index is 2.00. The van der Waals surface area contributed by atoms with Gasteiger partial charge in [0.05, 0.1) is 16.8 Å². The van der Waals surface area contributed by atoms with Crippen molar-refractivity contribution in [3.63, 3.8) is 0 Å². The maximum atomic E-state index is 13.2. The molecule has 1 aliphatic heterocycles. The molecule has 0 aromatic heterocycles. The number of imide groups is 1. The van der Waals surface area contributed by atoms with Crippen LogP contribution in [0, 0.1) is 0 Å². The lowest BCUT2D eigenvalue weighted by Gasteiger charge is -2.16. The largest absolute Gasteiger partial charge is 0.270 e. The summed E-state index contributed by atoms with van der Waals surface area (Å²) in [6.45, 7) is 0.796. The topological polar surface area (TPSA) is 37.4 Å². The number of carbonyl (C=O) groups excluding carboxylic acids is 2. The van der Waals surface area contributed by atoms with Crippen molar-refractivity contribution in [2.45, 2.75) is 12.8 Å². The van der Waals surface area contributed by atoms with E-state index < -0.39 is 17.7 Å². The van der Waals surface area contributed by atoms with Gasteiger partial charge in [-0.15, -0.1) is 0 Å². The van der Waals surface area contributed by atoms with Crippen molar-refractivity contribution in [2.75, 3.05) is 4.90 Å². The Morgan fingerprint density at radius 3 is 1.76 bits per heavy atom. The highest BCUT2D eigenvalue weighted by molar-refractivity contribution is 6.34. The van der Waals surface area contributed by atoms with Crippen molar-refractivity contribution in [2.24, 2.45) is 0 Å². The molecule has 2 aromatic rings. The zero-order valence-electron chi connectivity index (χ0n) is 11.1. The van der Waals surface area contributed by atoms with Gasteiger partial charge in [0.15, 0.2) is 0 Å². The van der Waals surface area contributed by atoms with Gasteiger partial charge >= 0.3 is 0 Å². The number of benzene rings is 2. The van der Waals surface area contributed by atoms with Gasteiger partial charge in [-0.25, -0.2) is 13.7 Å². The SMILES string of the molecule is CC(F)(F)c1ccc(N2C(=O)c3ccccc3C2=O)cc1. The van der Waals surface area contributed by atoms with Crippen molar-refractivity contribution in [1.29, 1.82) is 0 Å². The van der Waals surface area contributed by atoms with Gasteiger partial charge in [0, 0.05) is 12.5 Å².